The monoisotopic (exact) mass is 171 g/mol. The van der Waals surface area contributed by atoms with Crippen molar-refractivity contribution in [1.29, 1.82) is 5.26 Å². The molecule has 0 bridgehead atoms. The van der Waals surface area contributed by atoms with E-state index in [4.69, 9.17) is 5.26 Å². The van der Waals surface area contributed by atoms with E-state index >= 15 is 0 Å². The second-order valence-electron chi connectivity index (χ2n) is 3.32. The highest BCUT2D eigenvalue weighted by molar-refractivity contribution is 8.00. The predicted molar refractivity (Wildman–Crippen MR) is 46.3 cm³/mol. The summed E-state index contributed by atoms with van der Waals surface area (Å²) in [5, 5.41) is 18.6. The quantitative estimate of drug-likeness (QED) is 0.606. The van der Waals surface area contributed by atoms with Crippen LogP contribution in [0.1, 0.15) is 20.3 Å². The molecule has 62 valence electrons. The number of rotatable bonds is 1. The smallest absolute Gasteiger partial charge is 0.163 e. The fourth-order valence-corrected chi connectivity index (χ4v) is 3.00. The van der Waals surface area contributed by atoms with Crippen molar-refractivity contribution >= 4 is 11.8 Å². The first-order valence-electron chi connectivity index (χ1n) is 3.85. The van der Waals surface area contributed by atoms with Crippen molar-refractivity contribution in [2.45, 2.75) is 31.1 Å². The third-order valence-electron chi connectivity index (χ3n) is 2.05. The molecule has 0 spiro atoms. The summed E-state index contributed by atoms with van der Waals surface area (Å²) in [6, 6.07) is 2.01. The second-order valence-corrected chi connectivity index (χ2v) is 4.57. The summed E-state index contributed by atoms with van der Waals surface area (Å²) in [6.07, 6.45) is 0.622. The molecule has 2 unspecified atom stereocenters. The van der Waals surface area contributed by atoms with E-state index in [-0.39, 0.29) is 5.25 Å². The van der Waals surface area contributed by atoms with E-state index in [1.807, 2.05) is 19.9 Å². The average Bonchev–Trinajstić information content (AvgIpc) is 2.32. The zero-order valence-corrected chi connectivity index (χ0v) is 7.69. The molecule has 1 aliphatic heterocycles. The third kappa shape index (κ3) is 1.52. The minimum absolute atomic E-state index is 0.104. The van der Waals surface area contributed by atoms with Crippen molar-refractivity contribution in [3.05, 3.63) is 0 Å². The maximum absolute atomic E-state index is 9.75. The van der Waals surface area contributed by atoms with Gasteiger partial charge in [0.25, 0.3) is 0 Å². The molecule has 2 atom stereocenters. The molecule has 0 aromatic carbocycles. The first-order chi connectivity index (χ1) is 5.10. The van der Waals surface area contributed by atoms with Crippen LogP contribution in [0.5, 0.6) is 0 Å². The van der Waals surface area contributed by atoms with Crippen LogP contribution in [-0.4, -0.2) is 21.7 Å². The normalized spacial score (nSPS) is 37.5. The van der Waals surface area contributed by atoms with Crippen LogP contribution in [0, 0.1) is 17.2 Å². The first kappa shape index (κ1) is 8.89. The van der Waals surface area contributed by atoms with Crippen LogP contribution >= 0.6 is 11.8 Å². The summed E-state index contributed by atoms with van der Waals surface area (Å²) in [7, 11) is 0. The number of aliphatic hydroxyl groups is 1. The number of thioether (sulfide) groups is 1. The van der Waals surface area contributed by atoms with E-state index in [1.54, 1.807) is 11.8 Å². The largest absolute Gasteiger partial charge is 0.374 e. The van der Waals surface area contributed by atoms with Gasteiger partial charge in [0.1, 0.15) is 0 Å². The average molecular weight is 171 g/mol. The standard InChI is InChI=1S/C8H13NOS/c1-6(2)7-8(10,5-9)3-4-11-7/h6-7,10H,3-4H2,1-2H3. The molecule has 2 nitrogen and oxygen atoms in total. The Hall–Kier alpha value is -0.200. The van der Waals surface area contributed by atoms with Gasteiger partial charge in [-0.2, -0.15) is 17.0 Å². The van der Waals surface area contributed by atoms with Gasteiger partial charge in [0, 0.05) is 5.25 Å². The molecule has 1 saturated heterocycles. The fourth-order valence-electron chi connectivity index (χ4n) is 1.49. The molecule has 11 heavy (non-hydrogen) atoms. The first-order valence-corrected chi connectivity index (χ1v) is 4.90. The SMILES string of the molecule is CC(C)C1SCCC1(O)C#N. The lowest BCUT2D eigenvalue weighted by atomic mass is 9.91. The lowest BCUT2D eigenvalue weighted by Gasteiger charge is -2.24. The summed E-state index contributed by atoms with van der Waals surface area (Å²) in [5.41, 5.74) is -1.06. The molecule has 0 aromatic heterocycles. The molecular formula is C8H13NOS. The molecule has 1 aliphatic rings. The van der Waals surface area contributed by atoms with E-state index in [0.29, 0.717) is 12.3 Å². The van der Waals surface area contributed by atoms with Gasteiger partial charge < -0.3 is 5.11 Å². The third-order valence-corrected chi connectivity index (χ3v) is 3.78. The summed E-state index contributed by atoms with van der Waals surface area (Å²) in [5.74, 6) is 1.29. The Bertz CT molecular complexity index is 187. The Morgan fingerprint density at radius 1 is 1.73 bits per heavy atom. The summed E-state index contributed by atoms with van der Waals surface area (Å²) < 4.78 is 0. The van der Waals surface area contributed by atoms with Gasteiger partial charge in [0.05, 0.1) is 6.07 Å². The van der Waals surface area contributed by atoms with Gasteiger partial charge in [-0.15, -0.1) is 0 Å². The number of nitriles is 1. The maximum Gasteiger partial charge on any atom is 0.163 e. The van der Waals surface area contributed by atoms with Gasteiger partial charge in [-0.3, -0.25) is 0 Å². The molecule has 1 heterocycles. The maximum atomic E-state index is 9.75. The van der Waals surface area contributed by atoms with E-state index in [9.17, 15) is 5.11 Å². The summed E-state index contributed by atoms with van der Waals surface area (Å²) in [4.78, 5) is 0. The van der Waals surface area contributed by atoms with E-state index < -0.39 is 5.60 Å². The van der Waals surface area contributed by atoms with Crippen LogP contribution in [0.3, 0.4) is 0 Å². The molecule has 0 aromatic rings. The molecule has 0 saturated carbocycles. The van der Waals surface area contributed by atoms with Crippen LogP contribution in [0.2, 0.25) is 0 Å². The highest BCUT2D eigenvalue weighted by Gasteiger charge is 2.43. The van der Waals surface area contributed by atoms with Gasteiger partial charge in [-0.05, 0) is 18.1 Å². The Morgan fingerprint density at radius 2 is 2.36 bits per heavy atom. The van der Waals surface area contributed by atoms with Gasteiger partial charge in [-0.1, -0.05) is 13.8 Å². The number of hydrogen-bond donors (Lipinski definition) is 1. The second kappa shape index (κ2) is 3.04. The lowest BCUT2D eigenvalue weighted by Crippen LogP contribution is -2.37. The van der Waals surface area contributed by atoms with Crippen molar-refractivity contribution in [2.24, 2.45) is 5.92 Å². The lowest BCUT2D eigenvalue weighted by molar-refractivity contribution is 0.0880. The van der Waals surface area contributed by atoms with Crippen LogP contribution in [0.25, 0.3) is 0 Å². The van der Waals surface area contributed by atoms with Crippen LogP contribution in [0.4, 0.5) is 0 Å². The molecular weight excluding hydrogens is 158 g/mol. The minimum Gasteiger partial charge on any atom is -0.374 e. The van der Waals surface area contributed by atoms with E-state index in [0.717, 1.165) is 5.75 Å². The van der Waals surface area contributed by atoms with Crippen molar-refractivity contribution in [2.75, 3.05) is 5.75 Å². The Kier molecular flexibility index (Phi) is 2.46. The van der Waals surface area contributed by atoms with E-state index in [1.165, 1.54) is 0 Å². The zero-order chi connectivity index (χ0) is 8.48. The fraction of sp³-hybridized carbons (Fsp3) is 0.875. The van der Waals surface area contributed by atoms with Crippen molar-refractivity contribution in [3.8, 4) is 6.07 Å². The molecule has 0 aliphatic carbocycles. The van der Waals surface area contributed by atoms with Gasteiger partial charge in [-0.25, -0.2) is 0 Å². The highest BCUT2D eigenvalue weighted by atomic mass is 32.2. The predicted octanol–water partition coefficient (Wildman–Crippen LogP) is 1.40. The number of hydrogen-bond acceptors (Lipinski definition) is 3. The highest BCUT2D eigenvalue weighted by Crippen LogP contribution is 2.39. The minimum atomic E-state index is -1.06. The topological polar surface area (TPSA) is 44.0 Å². The summed E-state index contributed by atoms with van der Waals surface area (Å²) >= 11 is 1.71. The zero-order valence-electron chi connectivity index (χ0n) is 6.87. The van der Waals surface area contributed by atoms with E-state index in [2.05, 4.69) is 0 Å². The van der Waals surface area contributed by atoms with Crippen molar-refractivity contribution in [1.82, 2.24) is 0 Å². The molecule has 3 heteroatoms. The molecule has 1 N–H and O–H groups in total. The molecule has 1 fully saturated rings. The number of nitrogens with zero attached hydrogens (tertiary/aromatic N) is 1. The molecule has 0 radical (unpaired) electrons. The van der Waals surface area contributed by atoms with Gasteiger partial charge in [0.2, 0.25) is 0 Å². The van der Waals surface area contributed by atoms with Crippen LogP contribution in [-0.2, 0) is 0 Å². The Morgan fingerprint density at radius 3 is 2.73 bits per heavy atom. The van der Waals surface area contributed by atoms with Crippen molar-refractivity contribution in [3.63, 3.8) is 0 Å². The molecule has 1 rings (SSSR count). The molecule has 0 amide bonds. The van der Waals surface area contributed by atoms with Gasteiger partial charge in [0.15, 0.2) is 5.60 Å². The Balaban J connectivity index is 2.74. The van der Waals surface area contributed by atoms with Crippen LogP contribution < -0.4 is 0 Å². The Labute approximate surface area is 71.6 Å². The van der Waals surface area contributed by atoms with Crippen LogP contribution in [0.15, 0.2) is 0 Å². The van der Waals surface area contributed by atoms with Gasteiger partial charge >= 0.3 is 0 Å². The summed E-state index contributed by atoms with van der Waals surface area (Å²) in [6.45, 7) is 4.09. The van der Waals surface area contributed by atoms with Crippen molar-refractivity contribution < 1.29 is 5.11 Å².